The third-order valence-electron chi connectivity index (χ3n) is 4.96. The fourth-order valence-electron chi connectivity index (χ4n) is 3.09. The fraction of sp³-hybridized carbons (Fsp3) is 0.111. The van der Waals surface area contributed by atoms with E-state index in [4.69, 9.17) is 5.11 Å². The van der Waals surface area contributed by atoms with Gasteiger partial charge < -0.3 is 15.7 Å². The topological polar surface area (TPSA) is 113 Å². The van der Waals surface area contributed by atoms with Crippen molar-refractivity contribution in [2.24, 2.45) is 0 Å². The summed E-state index contributed by atoms with van der Waals surface area (Å²) in [6.45, 7) is 2.83. The number of Topliss-reactive ketones (excluding diaryl/α,β-unsaturated/α-hetero) is 1. The number of carbonyl (C=O) groups excluding carboxylic acids is 3. The van der Waals surface area contributed by atoms with Crippen LogP contribution in [0.25, 0.3) is 0 Å². The Morgan fingerprint density at radius 2 is 1.37 bits per heavy atom. The van der Waals surface area contributed by atoms with Crippen LogP contribution in [0.5, 0.6) is 0 Å². The number of carboxylic acids is 1. The van der Waals surface area contributed by atoms with Gasteiger partial charge in [-0.2, -0.15) is 0 Å². The van der Waals surface area contributed by atoms with Gasteiger partial charge in [0.25, 0.3) is 0 Å². The van der Waals surface area contributed by atoms with Crippen LogP contribution in [0.4, 0.5) is 11.4 Å². The summed E-state index contributed by atoms with van der Waals surface area (Å²) in [4.78, 5) is 48.3. The normalized spacial score (nSPS) is 11.9. The molecule has 0 spiro atoms. The van der Waals surface area contributed by atoms with Gasteiger partial charge in [-0.15, -0.1) is 11.8 Å². The van der Waals surface area contributed by atoms with Crippen LogP contribution < -0.4 is 10.6 Å². The average Bonchev–Trinajstić information content (AvgIpc) is 2.84. The van der Waals surface area contributed by atoms with E-state index in [2.05, 4.69) is 10.6 Å². The van der Waals surface area contributed by atoms with Crippen molar-refractivity contribution in [3.8, 4) is 0 Å². The predicted octanol–water partition coefficient (Wildman–Crippen LogP) is 5.33. The second-order valence-corrected chi connectivity index (χ2v) is 8.86. The van der Waals surface area contributed by atoms with E-state index < -0.39 is 17.1 Å². The largest absolute Gasteiger partial charge is 0.478 e. The molecule has 3 aromatic rings. The number of hydrogen-bond donors (Lipinski definition) is 3. The Morgan fingerprint density at radius 1 is 0.800 bits per heavy atom. The summed E-state index contributed by atoms with van der Waals surface area (Å²) in [5.74, 6) is -1.97. The van der Waals surface area contributed by atoms with E-state index >= 15 is 0 Å². The van der Waals surface area contributed by atoms with Gasteiger partial charge in [-0.25, -0.2) is 4.79 Å². The maximum Gasteiger partial charge on any atom is 0.331 e. The molecule has 0 aliphatic carbocycles. The van der Waals surface area contributed by atoms with Crippen molar-refractivity contribution < 1.29 is 24.3 Å². The average molecular weight is 489 g/mol. The Bertz CT molecular complexity index is 1250. The van der Waals surface area contributed by atoms with Crippen LogP contribution >= 0.6 is 11.8 Å². The lowest BCUT2D eigenvalue weighted by Gasteiger charge is -2.17. The Morgan fingerprint density at radius 3 is 1.94 bits per heavy atom. The lowest BCUT2D eigenvalue weighted by atomic mass is 10.1. The minimum absolute atomic E-state index is 0.0479. The molecule has 0 unspecified atom stereocenters. The summed E-state index contributed by atoms with van der Waals surface area (Å²) >= 11 is 1.35. The van der Waals surface area contributed by atoms with Gasteiger partial charge in [0.05, 0.1) is 0 Å². The second kappa shape index (κ2) is 11.8. The molecular formula is C27H24N2O5S. The van der Waals surface area contributed by atoms with Crippen LogP contribution in [0.15, 0.2) is 95.4 Å². The summed E-state index contributed by atoms with van der Waals surface area (Å²) in [5.41, 5.74) is 2.41. The van der Waals surface area contributed by atoms with Gasteiger partial charge in [0.1, 0.15) is 5.25 Å². The number of ketones is 1. The molecule has 8 heteroatoms. The monoisotopic (exact) mass is 488 g/mol. The third kappa shape index (κ3) is 7.41. The number of benzene rings is 3. The molecule has 35 heavy (non-hydrogen) atoms. The maximum absolute atomic E-state index is 13.2. The molecule has 3 N–H and O–H groups in total. The molecule has 0 fully saturated rings. The summed E-state index contributed by atoms with van der Waals surface area (Å²) < 4.78 is 0. The lowest BCUT2D eigenvalue weighted by molar-refractivity contribution is -0.132. The molecule has 0 saturated heterocycles. The number of carboxylic acid groups (broad SMARTS) is 1. The SMILES string of the molecule is CC(=O)c1ccc(NC(=O)[C@H](Sc2ccc(NC(=O)/C=C(/C)C(=O)O)cc2)c2ccccc2)cc1. The van der Waals surface area contributed by atoms with Crippen LogP contribution in [-0.4, -0.2) is 28.7 Å². The molecule has 1 atom stereocenters. The second-order valence-electron chi connectivity index (χ2n) is 7.68. The van der Waals surface area contributed by atoms with Crippen molar-refractivity contribution in [3.63, 3.8) is 0 Å². The zero-order valence-corrected chi connectivity index (χ0v) is 20.0. The van der Waals surface area contributed by atoms with Crippen LogP contribution in [0.2, 0.25) is 0 Å². The van der Waals surface area contributed by atoms with E-state index in [1.54, 1.807) is 48.5 Å². The zero-order valence-electron chi connectivity index (χ0n) is 19.1. The van der Waals surface area contributed by atoms with E-state index in [1.165, 1.54) is 25.6 Å². The molecule has 178 valence electrons. The Hall–Kier alpha value is -4.17. The number of hydrogen-bond acceptors (Lipinski definition) is 5. The highest BCUT2D eigenvalue weighted by Gasteiger charge is 2.22. The van der Waals surface area contributed by atoms with Crippen molar-refractivity contribution in [2.75, 3.05) is 10.6 Å². The molecule has 0 radical (unpaired) electrons. The van der Waals surface area contributed by atoms with Gasteiger partial charge in [-0.1, -0.05) is 30.3 Å². The van der Waals surface area contributed by atoms with Gasteiger partial charge in [0.15, 0.2) is 5.78 Å². The van der Waals surface area contributed by atoms with Crippen LogP contribution in [0.1, 0.15) is 35.0 Å². The van der Waals surface area contributed by atoms with Crippen LogP contribution in [0.3, 0.4) is 0 Å². The van der Waals surface area contributed by atoms with E-state index in [0.717, 1.165) is 16.5 Å². The van der Waals surface area contributed by atoms with Gasteiger partial charge >= 0.3 is 5.97 Å². The molecule has 0 aliphatic rings. The van der Waals surface area contributed by atoms with Crippen molar-refractivity contribution in [3.05, 3.63) is 102 Å². The zero-order chi connectivity index (χ0) is 25.4. The number of amides is 2. The van der Waals surface area contributed by atoms with Crippen molar-refractivity contribution in [2.45, 2.75) is 24.0 Å². The Balaban J connectivity index is 1.74. The number of carbonyl (C=O) groups is 4. The highest BCUT2D eigenvalue weighted by molar-refractivity contribution is 8.00. The van der Waals surface area contributed by atoms with Crippen LogP contribution in [0, 0.1) is 0 Å². The molecule has 2 amide bonds. The van der Waals surface area contributed by atoms with E-state index in [9.17, 15) is 19.2 Å². The Labute approximate surface area is 207 Å². The highest BCUT2D eigenvalue weighted by atomic mass is 32.2. The first kappa shape index (κ1) is 25.5. The van der Waals surface area contributed by atoms with E-state index in [1.807, 2.05) is 30.3 Å². The van der Waals surface area contributed by atoms with Crippen molar-refractivity contribution >= 4 is 46.7 Å². The predicted molar refractivity (Wildman–Crippen MR) is 137 cm³/mol. The number of aliphatic carboxylic acids is 1. The van der Waals surface area contributed by atoms with Crippen LogP contribution in [-0.2, 0) is 14.4 Å². The molecule has 0 bridgehead atoms. The number of anilines is 2. The van der Waals surface area contributed by atoms with Crippen molar-refractivity contribution in [1.82, 2.24) is 0 Å². The van der Waals surface area contributed by atoms with Crippen molar-refractivity contribution in [1.29, 1.82) is 0 Å². The molecule has 7 nitrogen and oxygen atoms in total. The Kier molecular flexibility index (Phi) is 8.58. The third-order valence-corrected chi connectivity index (χ3v) is 6.23. The maximum atomic E-state index is 13.2. The molecule has 3 rings (SSSR count). The van der Waals surface area contributed by atoms with Gasteiger partial charge in [0, 0.05) is 33.5 Å². The molecule has 0 heterocycles. The summed E-state index contributed by atoms with van der Waals surface area (Å²) in [6.07, 6.45) is 1.02. The van der Waals surface area contributed by atoms with E-state index in [0.29, 0.717) is 16.9 Å². The first-order valence-electron chi connectivity index (χ1n) is 10.7. The minimum Gasteiger partial charge on any atom is -0.478 e. The molecule has 3 aromatic carbocycles. The molecule has 0 aliphatic heterocycles. The van der Waals surface area contributed by atoms with Gasteiger partial charge in [-0.3, -0.25) is 14.4 Å². The standard InChI is InChI=1S/C27H24N2O5S/c1-17(27(33)34)16-24(31)28-21-12-14-23(15-13-21)35-25(20-6-4-3-5-7-20)26(32)29-22-10-8-19(9-11-22)18(2)30/h3-16,25H,1-2H3,(H,28,31)(H,29,32)(H,33,34)/b17-16-/t25-/m1/s1. The van der Waals surface area contributed by atoms with E-state index in [-0.39, 0.29) is 17.3 Å². The fourth-order valence-corrected chi connectivity index (χ4v) is 4.11. The molecule has 0 saturated carbocycles. The summed E-state index contributed by atoms with van der Waals surface area (Å²) in [7, 11) is 0. The highest BCUT2D eigenvalue weighted by Crippen LogP contribution is 2.36. The first-order chi connectivity index (χ1) is 16.7. The smallest absolute Gasteiger partial charge is 0.331 e. The minimum atomic E-state index is -1.16. The first-order valence-corrected chi connectivity index (χ1v) is 11.6. The summed E-state index contributed by atoms with van der Waals surface area (Å²) in [6, 6.07) is 23.0. The summed E-state index contributed by atoms with van der Waals surface area (Å²) in [5, 5.41) is 13.9. The number of nitrogens with one attached hydrogen (secondary N) is 2. The number of rotatable bonds is 9. The van der Waals surface area contributed by atoms with Gasteiger partial charge in [-0.05, 0) is 67.9 Å². The molecule has 0 aromatic heterocycles. The van der Waals surface area contributed by atoms with Gasteiger partial charge in [0.2, 0.25) is 11.8 Å². The number of thioether (sulfide) groups is 1. The molecular weight excluding hydrogens is 464 g/mol. The quantitative estimate of drug-likeness (QED) is 0.213. The lowest BCUT2D eigenvalue weighted by Crippen LogP contribution is -2.19.